The van der Waals surface area contributed by atoms with Gasteiger partial charge in [0.25, 0.3) is 0 Å². The molecule has 0 aliphatic carbocycles. The summed E-state index contributed by atoms with van der Waals surface area (Å²) < 4.78 is 12.6. The normalized spacial score (nSPS) is 14.2. The largest absolute Gasteiger partial charge is 0.390 e. The molecule has 72 valence electrons. The van der Waals surface area contributed by atoms with Crippen molar-refractivity contribution in [3.05, 3.63) is 35.6 Å². The molecule has 0 amide bonds. The lowest BCUT2D eigenvalue weighted by Crippen LogP contribution is -2.26. The average molecular weight is 182 g/mol. The van der Waals surface area contributed by atoms with Crippen molar-refractivity contribution in [1.29, 1.82) is 0 Å². The molecule has 0 radical (unpaired) electrons. The quantitative estimate of drug-likeness (QED) is 0.745. The van der Waals surface area contributed by atoms with Gasteiger partial charge < -0.3 is 5.11 Å². The Morgan fingerprint density at radius 3 is 2.08 bits per heavy atom. The van der Waals surface area contributed by atoms with Gasteiger partial charge in [0.15, 0.2) is 0 Å². The van der Waals surface area contributed by atoms with E-state index in [1.807, 2.05) is 6.92 Å². The van der Waals surface area contributed by atoms with Gasteiger partial charge in [0.1, 0.15) is 5.82 Å². The third kappa shape index (κ3) is 2.52. The molecular formula is C11H15FO. The first-order valence-electron chi connectivity index (χ1n) is 4.39. The van der Waals surface area contributed by atoms with E-state index in [1.165, 1.54) is 12.1 Å². The third-order valence-corrected chi connectivity index (χ3v) is 2.43. The highest BCUT2D eigenvalue weighted by Crippen LogP contribution is 2.26. The molecule has 0 fully saturated rings. The van der Waals surface area contributed by atoms with Gasteiger partial charge in [-0.2, -0.15) is 0 Å². The Bertz CT molecular complexity index is 271. The van der Waals surface area contributed by atoms with Crippen LogP contribution in [0.1, 0.15) is 32.3 Å². The van der Waals surface area contributed by atoms with Gasteiger partial charge in [0, 0.05) is 5.92 Å². The van der Waals surface area contributed by atoms with Gasteiger partial charge in [-0.15, -0.1) is 0 Å². The second-order valence-corrected chi connectivity index (χ2v) is 3.93. The SMILES string of the molecule is C[C@H](c1ccc(F)cc1)C(C)(C)O. The van der Waals surface area contributed by atoms with Gasteiger partial charge in [-0.05, 0) is 31.5 Å². The second-order valence-electron chi connectivity index (χ2n) is 3.93. The zero-order valence-electron chi connectivity index (χ0n) is 8.21. The molecule has 0 saturated carbocycles. The first-order valence-corrected chi connectivity index (χ1v) is 4.39. The second kappa shape index (κ2) is 3.46. The van der Waals surface area contributed by atoms with E-state index < -0.39 is 5.60 Å². The molecule has 0 bridgehead atoms. The van der Waals surface area contributed by atoms with Crippen molar-refractivity contribution in [2.75, 3.05) is 0 Å². The summed E-state index contributed by atoms with van der Waals surface area (Å²) in [6, 6.07) is 6.24. The van der Waals surface area contributed by atoms with Gasteiger partial charge in [-0.25, -0.2) is 4.39 Å². The molecule has 0 heterocycles. The molecule has 0 unspecified atom stereocenters. The molecule has 1 nitrogen and oxygen atoms in total. The molecule has 13 heavy (non-hydrogen) atoms. The smallest absolute Gasteiger partial charge is 0.123 e. The number of halogens is 1. The van der Waals surface area contributed by atoms with E-state index in [4.69, 9.17) is 0 Å². The number of benzene rings is 1. The summed E-state index contributed by atoms with van der Waals surface area (Å²) in [6.45, 7) is 5.43. The van der Waals surface area contributed by atoms with Crippen molar-refractivity contribution in [1.82, 2.24) is 0 Å². The van der Waals surface area contributed by atoms with Crippen molar-refractivity contribution in [2.24, 2.45) is 0 Å². The number of hydrogen-bond donors (Lipinski definition) is 1. The standard InChI is InChI=1S/C11H15FO/c1-8(11(2,3)13)9-4-6-10(12)7-5-9/h4-8,13H,1-3H3/t8-/m1/s1. The Balaban J connectivity index is 2.90. The van der Waals surface area contributed by atoms with Gasteiger partial charge in [0.2, 0.25) is 0 Å². The van der Waals surface area contributed by atoms with E-state index in [9.17, 15) is 9.50 Å². The minimum atomic E-state index is -0.766. The molecule has 0 spiro atoms. The van der Waals surface area contributed by atoms with Crippen LogP contribution in [0, 0.1) is 5.82 Å². The van der Waals surface area contributed by atoms with Crippen molar-refractivity contribution < 1.29 is 9.50 Å². The zero-order chi connectivity index (χ0) is 10.1. The van der Waals surface area contributed by atoms with E-state index in [0.29, 0.717) is 0 Å². The predicted molar refractivity (Wildman–Crippen MR) is 51.1 cm³/mol. The Morgan fingerprint density at radius 1 is 1.23 bits per heavy atom. The van der Waals surface area contributed by atoms with Crippen molar-refractivity contribution in [3.8, 4) is 0 Å². The number of rotatable bonds is 2. The van der Waals surface area contributed by atoms with Crippen LogP contribution in [-0.4, -0.2) is 10.7 Å². The molecule has 1 rings (SSSR count). The van der Waals surface area contributed by atoms with Gasteiger partial charge >= 0.3 is 0 Å². The first-order chi connectivity index (χ1) is 5.91. The maximum absolute atomic E-state index is 12.6. The highest BCUT2D eigenvalue weighted by Gasteiger charge is 2.23. The molecule has 2 heteroatoms. The molecule has 1 aromatic rings. The first kappa shape index (κ1) is 10.2. The fourth-order valence-corrected chi connectivity index (χ4v) is 1.16. The van der Waals surface area contributed by atoms with Crippen LogP contribution in [0.4, 0.5) is 4.39 Å². The summed E-state index contributed by atoms with van der Waals surface area (Å²) in [5.41, 5.74) is 0.187. The molecule has 0 saturated heterocycles. The molecule has 0 aliphatic rings. The van der Waals surface area contributed by atoms with Crippen LogP contribution < -0.4 is 0 Å². The van der Waals surface area contributed by atoms with Gasteiger partial charge in [0.05, 0.1) is 5.60 Å². The minimum Gasteiger partial charge on any atom is -0.390 e. The summed E-state index contributed by atoms with van der Waals surface area (Å²) in [5, 5.41) is 9.72. The fourth-order valence-electron chi connectivity index (χ4n) is 1.16. The zero-order valence-corrected chi connectivity index (χ0v) is 8.21. The molecule has 1 N–H and O–H groups in total. The van der Waals surface area contributed by atoms with Crippen LogP contribution in [0.15, 0.2) is 24.3 Å². The lowest BCUT2D eigenvalue weighted by atomic mass is 9.86. The van der Waals surface area contributed by atoms with Gasteiger partial charge in [-0.3, -0.25) is 0 Å². The summed E-state index contributed by atoms with van der Waals surface area (Å²) in [6.07, 6.45) is 0. The van der Waals surface area contributed by atoms with Crippen LogP contribution in [0.2, 0.25) is 0 Å². The maximum Gasteiger partial charge on any atom is 0.123 e. The summed E-state index contributed by atoms with van der Waals surface area (Å²) in [7, 11) is 0. The predicted octanol–water partition coefficient (Wildman–Crippen LogP) is 2.70. The molecular weight excluding hydrogens is 167 g/mol. The Morgan fingerprint density at radius 2 is 1.69 bits per heavy atom. The number of hydrogen-bond acceptors (Lipinski definition) is 1. The van der Waals surface area contributed by atoms with E-state index in [0.717, 1.165) is 5.56 Å². The van der Waals surface area contributed by atoms with Crippen LogP contribution in [-0.2, 0) is 0 Å². The molecule has 1 aromatic carbocycles. The lowest BCUT2D eigenvalue weighted by molar-refractivity contribution is 0.0558. The summed E-state index contributed by atoms with van der Waals surface area (Å²) >= 11 is 0. The van der Waals surface area contributed by atoms with E-state index >= 15 is 0 Å². The Labute approximate surface area is 78.2 Å². The van der Waals surface area contributed by atoms with E-state index in [-0.39, 0.29) is 11.7 Å². The van der Waals surface area contributed by atoms with Crippen LogP contribution in [0.25, 0.3) is 0 Å². The topological polar surface area (TPSA) is 20.2 Å². The molecule has 0 aliphatic heterocycles. The van der Waals surface area contributed by atoms with Crippen LogP contribution in [0.5, 0.6) is 0 Å². The minimum absolute atomic E-state index is 0.00750. The van der Waals surface area contributed by atoms with Crippen LogP contribution in [0.3, 0.4) is 0 Å². The highest BCUT2D eigenvalue weighted by atomic mass is 19.1. The van der Waals surface area contributed by atoms with Crippen molar-refractivity contribution >= 4 is 0 Å². The third-order valence-electron chi connectivity index (χ3n) is 2.43. The van der Waals surface area contributed by atoms with Crippen LogP contribution >= 0.6 is 0 Å². The molecule has 1 atom stereocenters. The lowest BCUT2D eigenvalue weighted by Gasteiger charge is -2.26. The van der Waals surface area contributed by atoms with Gasteiger partial charge in [-0.1, -0.05) is 19.1 Å². The van der Waals surface area contributed by atoms with Crippen molar-refractivity contribution in [2.45, 2.75) is 32.3 Å². The fraction of sp³-hybridized carbons (Fsp3) is 0.455. The average Bonchev–Trinajstić information content (AvgIpc) is 2.03. The van der Waals surface area contributed by atoms with Crippen molar-refractivity contribution in [3.63, 3.8) is 0 Å². The monoisotopic (exact) mass is 182 g/mol. The maximum atomic E-state index is 12.6. The summed E-state index contributed by atoms with van der Waals surface area (Å²) in [5.74, 6) is -0.236. The Hall–Kier alpha value is -0.890. The number of aliphatic hydroxyl groups is 1. The molecule has 0 aromatic heterocycles. The Kier molecular flexibility index (Phi) is 2.71. The van der Waals surface area contributed by atoms with E-state index in [1.54, 1.807) is 26.0 Å². The highest BCUT2D eigenvalue weighted by molar-refractivity contribution is 5.22. The van der Waals surface area contributed by atoms with E-state index in [2.05, 4.69) is 0 Å². The summed E-state index contributed by atoms with van der Waals surface area (Å²) in [4.78, 5) is 0.